The number of carbonyl (C=O) groups is 1. The molecule has 0 saturated carbocycles. The van der Waals surface area contributed by atoms with E-state index in [2.05, 4.69) is 10.1 Å². The van der Waals surface area contributed by atoms with E-state index in [0.717, 1.165) is 22.3 Å². The van der Waals surface area contributed by atoms with Gasteiger partial charge in [0, 0.05) is 34.1 Å². The lowest BCUT2D eigenvalue weighted by atomic mass is 10.2. The molecule has 0 amide bonds. The first-order valence-electron chi connectivity index (χ1n) is 8.23. The average Bonchev–Trinajstić information content (AvgIpc) is 3.29. The number of benzene rings is 1. The van der Waals surface area contributed by atoms with Gasteiger partial charge in [-0.15, -0.1) is 11.3 Å². The molecule has 7 nitrogen and oxygen atoms in total. The SMILES string of the molecule is COc1ccc(/C(N)=N/OCC(=O)c2cc(C)n(-c3nccs3)c2C)cc1. The van der Waals surface area contributed by atoms with Crippen molar-refractivity contribution in [3.8, 4) is 10.9 Å². The van der Waals surface area contributed by atoms with Gasteiger partial charge in [0.15, 0.2) is 17.6 Å². The zero-order chi connectivity index (χ0) is 19.4. The Balaban J connectivity index is 1.68. The number of aryl methyl sites for hydroxylation is 1. The third kappa shape index (κ3) is 4.01. The highest BCUT2D eigenvalue weighted by Gasteiger charge is 2.18. The summed E-state index contributed by atoms with van der Waals surface area (Å²) in [4.78, 5) is 22.0. The summed E-state index contributed by atoms with van der Waals surface area (Å²) in [6.45, 7) is 3.63. The smallest absolute Gasteiger partial charge is 0.204 e. The van der Waals surface area contributed by atoms with Crippen LogP contribution in [0.5, 0.6) is 5.75 Å². The molecule has 3 aromatic rings. The van der Waals surface area contributed by atoms with E-state index in [1.807, 2.05) is 29.9 Å². The van der Waals surface area contributed by atoms with Crippen molar-refractivity contribution in [2.24, 2.45) is 10.9 Å². The number of ketones is 1. The predicted octanol–water partition coefficient (Wildman–Crippen LogP) is 3.08. The monoisotopic (exact) mass is 384 g/mol. The highest BCUT2D eigenvalue weighted by molar-refractivity contribution is 7.12. The average molecular weight is 384 g/mol. The van der Waals surface area contributed by atoms with Crippen LogP contribution in [0.3, 0.4) is 0 Å². The van der Waals surface area contributed by atoms with Gasteiger partial charge >= 0.3 is 0 Å². The van der Waals surface area contributed by atoms with Crippen LogP contribution in [-0.2, 0) is 4.84 Å². The number of nitrogens with two attached hydrogens (primary N) is 1. The Labute approximate surface area is 161 Å². The maximum Gasteiger partial charge on any atom is 0.204 e. The van der Waals surface area contributed by atoms with E-state index in [1.165, 1.54) is 11.3 Å². The molecule has 2 N–H and O–H groups in total. The number of nitrogens with zero attached hydrogens (tertiary/aromatic N) is 3. The first-order valence-corrected chi connectivity index (χ1v) is 9.11. The molecular formula is C19H20N4O3S. The minimum Gasteiger partial charge on any atom is -0.497 e. The van der Waals surface area contributed by atoms with Crippen molar-refractivity contribution in [3.05, 3.63) is 64.4 Å². The van der Waals surface area contributed by atoms with Crippen LogP contribution in [0.15, 0.2) is 47.1 Å². The molecule has 140 valence electrons. The molecule has 0 aliphatic heterocycles. The normalized spacial score (nSPS) is 11.4. The number of oxime groups is 1. The number of ether oxygens (including phenoxy) is 1. The molecule has 0 fully saturated rings. The summed E-state index contributed by atoms with van der Waals surface area (Å²) in [5.41, 5.74) is 8.92. The Hall–Kier alpha value is -3.13. The van der Waals surface area contributed by atoms with Crippen LogP contribution in [0.4, 0.5) is 0 Å². The van der Waals surface area contributed by atoms with Crippen LogP contribution in [0.1, 0.15) is 27.3 Å². The highest BCUT2D eigenvalue weighted by Crippen LogP contribution is 2.22. The van der Waals surface area contributed by atoms with Gasteiger partial charge in [-0.3, -0.25) is 9.36 Å². The second kappa shape index (κ2) is 8.05. The lowest BCUT2D eigenvalue weighted by Crippen LogP contribution is -2.15. The number of thiazole rings is 1. The number of aromatic nitrogens is 2. The van der Waals surface area contributed by atoms with Crippen LogP contribution in [0.2, 0.25) is 0 Å². The Morgan fingerprint density at radius 2 is 2.04 bits per heavy atom. The van der Waals surface area contributed by atoms with Gasteiger partial charge in [-0.25, -0.2) is 4.98 Å². The lowest BCUT2D eigenvalue weighted by Gasteiger charge is -2.06. The number of carbonyl (C=O) groups excluding carboxylic acids is 1. The minimum absolute atomic E-state index is 0.169. The summed E-state index contributed by atoms with van der Waals surface area (Å²) in [5.74, 6) is 0.745. The second-order valence-corrected chi connectivity index (χ2v) is 6.71. The fourth-order valence-corrected chi connectivity index (χ4v) is 3.47. The fourth-order valence-electron chi connectivity index (χ4n) is 2.72. The molecule has 0 bridgehead atoms. The Kier molecular flexibility index (Phi) is 5.56. The van der Waals surface area contributed by atoms with E-state index in [0.29, 0.717) is 11.1 Å². The number of Topliss-reactive ketones (excluding diaryl/α,β-unsaturated/α-hetero) is 1. The van der Waals surface area contributed by atoms with E-state index < -0.39 is 0 Å². The first kappa shape index (κ1) is 18.7. The van der Waals surface area contributed by atoms with E-state index in [1.54, 1.807) is 37.6 Å². The van der Waals surface area contributed by atoms with Crippen molar-refractivity contribution in [2.45, 2.75) is 13.8 Å². The Morgan fingerprint density at radius 1 is 1.30 bits per heavy atom. The van der Waals surface area contributed by atoms with Crippen molar-refractivity contribution in [3.63, 3.8) is 0 Å². The third-order valence-corrected chi connectivity index (χ3v) is 4.84. The van der Waals surface area contributed by atoms with Gasteiger partial charge in [-0.1, -0.05) is 5.16 Å². The molecule has 0 aliphatic carbocycles. The summed E-state index contributed by atoms with van der Waals surface area (Å²) in [6.07, 6.45) is 1.74. The molecule has 1 aromatic carbocycles. The van der Waals surface area contributed by atoms with Gasteiger partial charge in [0.2, 0.25) is 5.78 Å². The zero-order valence-corrected chi connectivity index (χ0v) is 16.1. The molecule has 3 rings (SSSR count). The summed E-state index contributed by atoms with van der Waals surface area (Å²) < 4.78 is 7.05. The number of hydrogen-bond donors (Lipinski definition) is 1. The zero-order valence-electron chi connectivity index (χ0n) is 15.3. The van der Waals surface area contributed by atoms with Gasteiger partial charge in [-0.2, -0.15) is 0 Å². The van der Waals surface area contributed by atoms with Gasteiger partial charge in [0.05, 0.1) is 7.11 Å². The highest BCUT2D eigenvalue weighted by atomic mass is 32.1. The van der Waals surface area contributed by atoms with Crippen LogP contribution >= 0.6 is 11.3 Å². The molecule has 0 saturated heterocycles. The molecule has 2 aromatic heterocycles. The molecule has 0 radical (unpaired) electrons. The number of amidine groups is 1. The maximum atomic E-state index is 12.5. The summed E-state index contributed by atoms with van der Waals surface area (Å²) >= 11 is 1.51. The first-order chi connectivity index (χ1) is 13.0. The van der Waals surface area contributed by atoms with Crippen LogP contribution in [-0.4, -0.2) is 34.9 Å². The van der Waals surface area contributed by atoms with Crippen molar-refractivity contribution in [2.75, 3.05) is 13.7 Å². The van der Waals surface area contributed by atoms with Gasteiger partial charge in [-0.05, 0) is 44.2 Å². The maximum absolute atomic E-state index is 12.5. The topological polar surface area (TPSA) is 91.7 Å². The van der Waals surface area contributed by atoms with Crippen molar-refractivity contribution < 1.29 is 14.4 Å². The van der Waals surface area contributed by atoms with Crippen molar-refractivity contribution in [1.82, 2.24) is 9.55 Å². The Morgan fingerprint density at radius 3 is 2.67 bits per heavy atom. The number of methoxy groups -OCH3 is 1. The molecule has 0 spiro atoms. The summed E-state index contributed by atoms with van der Waals surface area (Å²) in [5, 5.41) is 6.56. The largest absolute Gasteiger partial charge is 0.497 e. The van der Waals surface area contributed by atoms with E-state index in [9.17, 15) is 4.79 Å². The summed E-state index contributed by atoms with van der Waals surface area (Å²) in [7, 11) is 1.59. The van der Waals surface area contributed by atoms with Crippen molar-refractivity contribution >= 4 is 23.0 Å². The predicted molar refractivity (Wildman–Crippen MR) is 105 cm³/mol. The fraction of sp³-hybridized carbons (Fsp3) is 0.211. The number of hydrogen-bond acceptors (Lipinski definition) is 6. The summed E-state index contributed by atoms with van der Waals surface area (Å²) in [6, 6.07) is 8.92. The molecular weight excluding hydrogens is 364 g/mol. The van der Waals surface area contributed by atoms with Gasteiger partial charge in [0.1, 0.15) is 5.75 Å². The van der Waals surface area contributed by atoms with E-state index in [4.69, 9.17) is 15.3 Å². The molecule has 27 heavy (non-hydrogen) atoms. The molecule has 8 heteroatoms. The van der Waals surface area contributed by atoms with Crippen LogP contribution in [0.25, 0.3) is 5.13 Å². The molecule has 0 aliphatic rings. The standard InChI is InChI=1S/C19H20N4O3S/c1-12-10-16(13(2)23(12)19-21-8-9-27-19)17(24)11-26-22-18(20)14-4-6-15(25-3)7-5-14/h4-10H,11H2,1-3H3,(H2,20,22). The van der Waals surface area contributed by atoms with Gasteiger partial charge in [0.25, 0.3) is 0 Å². The minimum atomic E-state index is -0.195. The van der Waals surface area contributed by atoms with E-state index >= 15 is 0 Å². The van der Waals surface area contributed by atoms with E-state index in [-0.39, 0.29) is 18.2 Å². The lowest BCUT2D eigenvalue weighted by molar-refractivity contribution is 0.0775. The Bertz CT molecular complexity index is 960. The third-order valence-electron chi connectivity index (χ3n) is 4.09. The van der Waals surface area contributed by atoms with Gasteiger partial charge < -0.3 is 15.3 Å². The van der Waals surface area contributed by atoms with Crippen molar-refractivity contribution in [1.29, 1.82) is 0 Å². The molecule has 2 heterocycles. The van der Waals surface area contributed by atoms with Crippen LogP contribution in [0, 0.1) is 13.8 Å². The second-order valence-electron chi connectivity index (χ2n) is 5.84. The molecule has 0 atom stereocenters. The van der Waals surface area contributed by atoms with Crippen LogP contribution < -0.4 is 10.5 Å². The number of rotatable bonds is 7. The quantitative estimate of drug-likeness (QED) is 0.292. The molecule has 0 unspecified atom stereocenters.